The van der Waals surface area contributed by atoms with Gasteiger partial charge < -0.3 is 9.32 Å². The Morgan fingerprint density at radius 3 is 1.78 bits per heavy atom. The summed E-state index contributed by atoms with van der Waals surface area (Å²) in [6.45, 7) is 0. The van der Waals surface area contributed by atoms with Gasteiger partial charge in [0, 0.05) is 33.0 Å². The topological polar surface area (TPSA) is 16.4 Å². The molecule has 0 amide bonds. The van der Waals surface area contributed by atoms with Crippen molar-refractivity contribution < 1.29 is 4.42 Å². The minimum atomic E-state index is 0.892. The lowest BCUT2D eigenvalue weighted by molar-refractivity contribution is 0.670. The first kappa shape index (κ1) is 30.5. The van der Waals surface area contributed by atoms with E-state index >= 15 is 0 Å². The highest BCUT2D eigenvalue weighted by atomic mass is 16.3. The van der Waals surface area contributed by atoms with Gasteiger partial charge in [-0.3, -0.25) is 0 Å². The molecule has 0 spiro atoms. The Morgan fingerprint density at radius 2 is 0.907 bits per heavy atom. The summed E-state index contributed by atoms with van der Waals surface area (Å²) in [4.78, 5) is 2.45. The molecular formula is C52H33NO. The fraction of sp³-hybridized carbons (Fsp3) is 0. The first-order valence-corrected chi connectivity index (χ1v) is 18.5. The van der Waals surface area contributed by atoms with Gasteiger partial charge in [0.25, 0.3) is 0 Å². The number of para-hydroxylation sites is 2. The number of benzene rings is 10. The molecule has 2 nitrogen and oxygen atoms in total. The van der Waals surface area contributed by atoms with Gasteiger partial charge in [-0.1, -0.05) is 164 Å². The summed E-state index contributed by atoms with van der Waals surface area (Å²) in [5, 5.41) is 12.0. The van der Waals surface area contributed by atoms with Gasteiger partial charge >= 0.3 is 0 Å². The first-order chi connectivity index (χ1) is 26.8. The summed E-state index contributed by atoms with van der Waals surface area (Å²) in [6.07, 6.45) is 0. The molecule has 11 rings (SSSR count). The molecule has 0 radical (unpaired) electrons. The van der Waals surface area contributed by atoms with E-state index < -0.39 is 0 Å². The molecule has 10 aromatic carbocycles. The quantitative estimate of drug-likeness (QED) is 0.168. The van der Waals surface area contributed by atoms with Crippen LogP contribution in [0, 0.1) is 0 Å². The Bertz CT molecular complexity index is 3240. The van der Waals surface area contributed by atoms with Crippen molar-refractivity contribution in [3.63, 3.8) is 0 Å². The maximum absolute atomic E-state index is 6.82. The monoisotopic (exact) mass is 687 g/mol. The van der Waals surface area contributed by atoms with Gasteiger partial charge in [0.05, 0.1) is 11.4 Å². The summed E-state index contributed by atoms with van der Waals surface area (Å²) in [5.41, 5.74) is 9.60. The highest BCUT2D eigenvalue weighted by Crippen LogP contribution is 2.48. The molecule has 0 unspecified atom stereocenters. The van der Waals surface area contributed by atoms with Crippen molar-refractivity contribution in [3.05, 3.63) is 200 Å². The molecule has 2 heteroatoms. The Labute approximate surface area is 312 Å². The minimum absolute atomic E-state index is 0.892. The smallest absolute Gasteiger partial charge is 0.143 e. The van der Waals surface area contributed by atoms with Crippen LogP contribution in [0.1, 0.15) is 0 Å². The number of rotatable bonds is 5. The number of fused-ring (bicyclic) bond motifs is 8. The lowest BCUT2D eigenvalue weighted by Gasteiger charge is -2.30. The highest BCUT2D eigenvalue weighted by Gasteiger charge is 2.23. The molecule has 252 valence electrons. The van der Waals surface area contributed by atoms with Gasteiger partial charge in [-0.2, -0.15) is 0 Å². The molecule has 0 aliphatic heterocycles. The Hall–Kier alpha value is -7.16. The Kier molecular flexibility index (Phi) is 6.90. The molecule has 0 aliphatic carbocycles. The molecule has 1 heterocycles. The zero-order chi connectivity index (χ0) is 35.6. The van der Waals surface area contributed by atoms with E-state index in [4.69, 9.17) is 4.42 Å². The molecule has 0 atom stereocenters. The molecule has 0 fully saturated rings. The van der Waals surface area contributed by atoms with Crippen LogP contribution in [-0.2, 0) is 0 Å². The van der Waals surface area contributed by atoms with Gasteiger partial charge in [0.2, 0.25) is 0 Å². The van der Waals surface area contributed by atoms with Crippen LogP contribution in [0.25, 0.3) is 87.3 Å². The molecule has 0 aliphatic rings. The molecule has 11 aromatic rings. The second-order valence-corrected chi connectivity index (χ2v) is 14.1. The molecule has 0 saturated carbocycles. The second-order valence-electron chi connectivity index (χ2n) is 14.1. The number of anilines is 3. The third-order valence-electron chi connectivity index (χ3n) is 11.0. The van der Waals surface area contributed by atoms with Crippen molar-refractivity contribution in [2.45, 2.75) is 0 Å². The van der Waals surface area contributed by atoms with Crippen LogP contribution >= 0.6 is 0 Å². The Balaban J connectivity index is 1.20. The van der Waals surface area contributed by atoms with E-state index in [0.717, 1.165) is 50.1 Å². The molecular weight excluding hydrogens is 655 g/mol. The van der Waals surface area contributed by atoms with Crippen LogP contribution in [0.3, 0.4) is 0 Å². The SMILES string of the molecule is c1cc(-c2cccc3ccccc23)cc(N(c2ccccc2-c2cccc3c2oc2cc4ccccc4cc23)c2cc3ccccc3c3ccccc23)c1. The third-order valence-corrected chi connectivity index (χ3v) is 11.0. The number of furan rings is 1. The number of nitrogens with zero attached hydrogens (tertiary/aromatic N) is 1. The molecule has 0 saturated heterocycles. The van der Waals surface area contributed by atoms with Gasteiger partial charge in [0.1, 0.15) is 11.2 Å². The van der Waals surface area contributed by atoms with Crippen LogP contribution in [0.15, 0.2) is 205 Å². The molecule has 0 bridgehead atoms. The fourth-order valence-corrected chi connectivity index (χ4v) is 8.51. The standard InChI is InChI=1S/C52H33NO/c1-2-16-36-33-51-48(31-35(36)15-1)47-28-13-27-46(52(47)54-51)45-25-9-10-29-49(45)53(50-32-38-17-4-6-22-42(38)43-23-7-8-24-44(43)50)39-20-11-19-37(30-39)41-26-12-18-34-14-3-5-21-40(34)41/h1-33H. The normalized spacial score (nSPS) is 11.7. The summed E-state index contributed by atoms with van der Waals surface area (Å²) in [7, 11) is 0. The van der Waals surface area contributed by atoms with Crippen molar-refractivity contribution in [1.29, 1.82) is 0 Å². The summed E-state index contributed by atoms with van der Waals surface area (Å²) in [6, 6.07) is 72.3. The third kappa shape index (κ3) is 4.81. The minimum Gasteiger partial charge on any atom is -0.455 e. The summed E-state index contributed by atoms with van der Waals surface area (Å²) >= 11 is 0. The zero-order valence-corrected chi connectivity index (χ0v) is 29.4. The fourth-order valence-electron chi connectivity index (χ4n) is 8.51. The average Bonchev–Trinajstić information content (AvgIpc) is 3.60. The van der Waals surface area contributed by atoms with E-state index in [-0.39, 0.29) is 0 Å². The van der Waals surface area contributed by atoms with E-state index in [9.17, 15) is 0 Å². The zero-order valence-electron chi connectivity index (χ0n) is 29.4. The lowest BCUT2D eigenvalue weighted by Crippen LogP contribution is -2.12. The van der Waals surface area contributed by atoms with Gasteiger partial charge in [-0.05, 0) is 85.2 Å². The maximum atomic E-state index is 6.82. The van der Waals surface area contributed by atoms with Gasteiger partial charge in [0.15, 0.2) is 0 Å². The largest absolute Gasteiger partial charge is 0.455 e. The van der Waals surface area contributed by atoms with Crippen LogP contribution in [0.5, 0.6) is 0 Å². The number of hydrogen-bond acceptors (Lipinski definition) is 2. The van der Waals surface area contributed by atoms with Crippen molar-refractivity contribution in [2.24, 2.45) is 0 Å². The van der Waals surface area contributed by atoms with Crippen LogP contribution < -0.4 is 4.90 Å². The van der Waals surface area contributed by atoms with Crippen molar-refractivity contribution in [3.8, 4) is 22.3 Å². The predicted octanol–water partition coefficient (Wildman–Crippen LogP) is 15.0. The summed E-state index contributed by atoms with van der Waals surface area (Å²) in [5.74, 6) is 0. The average molecular weight is 688 g/mol. The van der Waals surface area contributed by atoms with E-state index in [2.05, 4.69) is 205 Å². The summed E-state index contributed by atoms with van der Waals surface area (Å²) < 4.78 is 6.82. The lowest BCUT2D eigenvalue weighted by atomic mass is 9.95. The van der Waals surface area contributed by atoms with Crippen molar-refractivity contribution >= 4 is 82.1 Å². The van der Waals surface area contributed by atoms with Crippen molar-refractivity contribution in [2.75, 3.05) is 4.90 Å². The molecule has 54 heavy (non-hydrogen) atoms. The predicted molar refractivity (Wildman–Crippen MR) is 229 cm³/mol. The van der Waals surface area contributed by atoms with Gasteiger partial charge in [-0.25, -0.2) is 0 Å². The van der Waals surface area contributed by atoms with E-state index in [0.29, 0.717) is 0 Å². The van der Waals surface area contributed by atoms with Crippen LogP contribution in [0.2, 0.25) is 0 Å². The van der Waals surface area contributed by atoms with Gasteiger partial charge in [-0.15, -0.1) is 0 Å². The maximum Gasteiger partial charge on any atom is 0.143 e. The van der Waals surface area contributed by atoms with Crippen LogP contribution in [-0.4, -0.2) is 0 Å². The van der Waals surface area contributed by atoms with Crippen LogP contribution in [0.4, 0.5) is 17.1 Å². The van der Waals surface area contributed by atoms with E-state index in [1.807, 2.05) is 0 Å². The number of hydrogen-bond donors (Lipinski definition) is 0. The van der Waals surface area contributed by atoms with E-state index in [1.54, 1.807) is 0 Å². The Morgan fingerprint density at radius 1 is 0.315 bits per heavy atom. The molecule has 1 aromatic heterocycles. The van der Waals surface area contributed by atoms with Crippen molar-refractivity contribution in [1.82, 2.24) is 0 Å². The second kappa shape index (κ2) is 12.2. The molecule has 0 N–H and O–H groups in total. The first-order valence-electron chi connectivity index (χ1n) is 18.5. The highest BCUT2D eigenvalue weighted by molar-refractivity contribution is 6.17. The van der Waals surface area contributed by atoms with E-state index in [1.165, 1.54) is 54.2 Å².